The van der Waals surface area contributed by atoms with Crippen molar-refractivity contribution < 1.29 is 24.8 Å². The van der Waals surface area contributed by atoms with Crippen LogP contribution < -0.4 is 0 Å². The van der Waals surface area contributed by atoms with Crippen LogP contribution in [0.1, 0.15) is 72.6 Å². The van der Waals surface area contributed by atoms with Gasteiger partial charge in [0.25, 0.3) is 0 Å². The van der Waals surface area contributed by atoms with Crippen LogP contribution in [0.2, 0.25) is 0 Å². The highest BCUT2D eigenvalue weighted by atomic mass is 16.7. The monoisotopic (exact) mass is 446 g/mol. The number of hydrogen-bond donors (Lipinski definition) is 3. The average Bonchev–Trinajstić information content (AvgIpc) is 3.18. The number of hydrogen-bond acceptors (Lipinski definition) is 5. The molecule has 5 heteroatoms. The largest absolute Gasteiger partial charge is 0.393 e. The Balaban J connectivity index is 1.35. The first-order valence-electron chi connectivity index (χ1n) is 13.2. The standard InChI is InChI=1S/C27H42O5/c1-14-5-8-27(31-13-14)15(2)24-21(32-27)11-19-23-18(12-22(30)26(19,24)4)25(3)7-6-17(28)9-16(25)10-20(23)29/h10,14-15,17-24,28-30H,5-9,11-13H2,1-4H3/t14-,15+,17+,18+,19+,20+,21+,22-,23-,24+,25+,26-,27-/m1/s1. The van der Waals surface area contributed by atoms with Crippen LogP contribution >= 0.6 is 0 Å². The van der Waals surface area contributed by atoms with Crippen LogP contribution in [-0.2, 0) is 9.47 Å². The molecule has 2 saturated heterocycles. The third-order valence-corrected chi connectivity index (χ3v) is 11.5. The van der Waals surface area contributed by atoms with Crippen LogP contribution in [0, 0.1) is 46.3 Å². The lowest BCUT2D eigenvalue weighted by molar-refractivity contribution is -0.274. The van der Waals surface area contributed by atoms with E-state index in [1.165, 1.54) is 5.57 Å². The highest BCUT2D eigenvalue weighted by molar-refractivity contribution is 5.29. The van der Waals surface area contributed by atoms with Gasteiger partial charge < -0.3 is 24.8 Å². The molecule has 0 amide bonds. The molecule has 13 atom stereocenters. The van der Waals surface area contributed by atoms with Crippen LogP contribution in [0.25, 0.3) is 0 Å². The Labute approximate surface area is 192 Å². The third-order valence-electron chi connectivity index (χ3n) is 11.5. The summed E-state index contributed by atoms with van der Waals surface area (Å²) in [7, 11) is 0. The molecule has 0 aromatic rings. The Bertz CT molecular complexity index is 802. The third kappa shape index (κ3) is 2.69. The van der Waals surface area contributed by atoms with Crippen LogP contribution in [-0.4, -0.2) is 52.1 Å². The fourth-order valence-electron chi connectivity index (χ4n) is 9.61. The molecule has 3 saturated carbocycles. The minimum Gasteiger partial charge on any atom is -0.393 e. The number of rotatable bonds is 0. The summed E-state index contributed by atoms with van der Waals surface area (Å²) in [5, 5.41) is 33.4. The molecule has 0 aromatic carbocycles. The molecule has 0 radical (unpaired) electrons. The zero-order chi connectivity index (χ0) is 22.6. The van der Waals surface area contributed by atoms with Crippen LogP contribution in [0.3, 0.4) is 0 Å². The lowest BCUT2D eigenvalue weighted by atomic mass is 9.45. The average molecular weight is 447 g/mol. The van der Waals surface area contributed by atoms with Crippen molar-refractivity contribution in [1.82, 2.24) is 0 Å². The minimum absolute atomic E-state index is 0.0283. The number of fused-ring (bicyclic) bond motifs is 7. The van der Waals surface area contributed by atoms with E-state index in [2.05, 4.69) is 33.8 Å². The molecule has 2 heterocycles. The van der Waals surface area contributed by atoms with E-state index in [1.54, 1.807) is 0 Å². The summed E-state index contributed by atoms with van der Waals surface area (Å²) < 4.78 is 13.2. The molecular formula is C27H42O5. The van der Waals surface area contributed by atoms with Crippen molar-refractivity contribution in [2.75, 3.05) is 6.61 Å². The summed E-state index contributed by atoms with van der Waals surface area (Å²) in [6.07, 6.45) is 7.12. The fourth-order valence-corrected chi connectivity index (χ4v) is 9.61. The van der Waals surface area contributed by atoms with E-state index in [9.17, 15) is 15.3 Å². The number of ether oxygens (including phenoxy) is 2. The Morgan fingerprint density at radius 3 is 2.50 bits per heavy atom. The van der Waals surface area contributed by atoms with Crippen molar-refractivity contribution in [3.63, 3.8) is 0 Å². The fraction of sp³-hybridized carbons (Fsp3) is 0.926. The second-order valence-corrected chi connectivity index (χ2v) is 12.9. The summed E-state index contributed by atoms with van der Waals surface area (Å²) in [6, 6.07) is 0. The van der Waals surface area contributed by atoms with Gasteiger partial charge in [0.05, 0.1) is 31.0 Å². The zero-order valence-electron chi connectivity index (χ0n) is 20.2. The van der Waals surface area contributed by atoms with Gasteiger partial charge in [-0.3, -0.25) is 0 Å². The van der Waals surface area contributed by atoms with Crippen LogP contribution in [0.4, 0.5) is 0 Å². The Hall–Kier alpha value is -0.460. The van der Waals surface area contributed by atoms with Gasteiger partial charge in [0.1, 0.15) is 0 Å². The molecule has 5 fully saturated rings. The van der Waals surface area contributed by atoms with Crippen LogP contribution in [0.5, 0.6) is 0 Å². The van der Waals surface area contributed by atoms with Gasteiger partial charge >= 0.3 is 0 Å². The number of aliphatic hydroxyl groups is 3. The molecule has 0 aromatic heterocycles. The molecule has 2 aliphatic heterocycles. The van der Waals surface area contributed by atoms with Crippen molar-refractivity contribution in [2.24, 2.45) is 46.3 Å². The molecule has 3 N–H and O–H groups in total. The summed E-state index contributed by atoms with van der Waals surface area (Å²) in [5.41, 5.74) is 0.921. The Kier molecular flexibility index (Phi) is 4.84. The van der Waals surface area contributed by atoms with E-state index < -0.39 is 18.0 Å². The highest BCUT2D eigenvalue weighted by Gasteiger charge is 2.71. The van der Waals surface area contributed by atoms with Gasteiger partial charge in [0.2, 0.25) is 0 Å². The van der Waals surface area contributed by atoms with E-state index in [4.69, 9.17) is 9.47 Å². The van der Waals surface area contributed by atoms with Gasteiger partial charge in [-0.1, -0.05) is 39.3 Å². The van der Waals surface area contributed by atoms with Crippen molar-refractivity contribution in [3.8, 4) is 0 Å². The summed E-state index contributed by atoms with van der Waals surface area (Å²) in [5.74, 6) is 1.24. The molecule has 32 heavy (non-hydrogen) atoms. The zero-order valence-corrected chi connectivity index (χ0v) is 20.2. The first kappa shape index (κ1) is 22.0. The minimum atomic E-state index is -0.500. The predicted molar refractivity (Wildman–Crippen MR) is 120 cm³/mol. The molecule has 180 valence electrons. The Morgan fingerprint density at radius 2 is 1.78 bits per heavy atom. The van der Waals surface area contributed by atoms with Gasteiger partial charge in [-0.25, -0.2) is 0 Å². The maximum atomic E-state index is 11.8. The first-order valence-corrected chi connectivity index (χ1v) is 13.2. The molecule has 4 aliphatic carbocycles. The summed E-state index contributed by atoms with van der Waals surface area (Å²) in [6.45, 7) is 9.89. The maximum Gasteiger partial charge on any atom is 0.171 e. The van der Waals surface area contributed by atoms with Crippen molar-refractivity contribution >= 4 is 0 Å². The van der Waals surface area contributed by atoms with E-state index in [1.807, 2.05) is 0 Å². The topological polar surface area (TPSA) is 79.2 Å². The molecule has 6 aliphatic rings. The molecule has 1 spiro atoms. The van der Waals surface area contributed by atoms with Gasteiger partial charge in [0, 0.05) is 23.7 Å². The second-order valence-electron chi connectivity index (χ2n) is 12.9. The summed E-state index contributed by atoms with van der Waals surface area (Å²) >= 11 is 0. The highest BCUT2D eigenvalue weighted by Crippen LogP contribution is 2.70. The predicted octanol–water partition coefficient (Wildman–Crippen LogP) is 3.66. The van der Waals surface area contributed by atoms with Crippen molar-refractivity contribution in [3.05, 3.63) is 11.6 Å². The van der Waals surface area contributed by atoms with Crippen molar-refractivity contribution in [1.29, 1.82) is 0 Å². The SMILES string of the molecule is C[C@@H]1CC[C@@]2(OC1)O[C@H]1C[C@H]3[C@@H]4[C@@H](O)C=C5C[C@@H](O)CC[C@]5(C)[C@H]4C[C@@H](O)[C@]3(C)[C@H]1[C@@H]2C. The molecule has 0 unspecified atom stereocenters. The quantitative estimate of drug-likeness (QED) is 0.495. The molecule has 5 nitrogen and oxygen atoms in total. The smallest absolute Gasteiger partial charge is 0.171 e. The summed E-state index contributed by atoms with van der Waals surface area (Å²) in [4.78, 5) is 0. The number of aliphatic hydroxyl groups excluding tert-OH is 3. The second kappa shape index (κ2) is 7.04. The lowest BCUT2D eigenvalue weighted by Gasteiger charge is -2.61. The molecule has 0 bridgehead atoms. The lowest BCUT2D eigenvalue weighted by Crippen LogP contribution is -2.60. The van der Waals surface area contributed by atoms with E-state index in [0.717, 1.165) is 45.1 Å². The molecular weight excluding hydrogens is 404 g/mol. The van der Waals surface area contributed by atoms with Gasteiger partial charge in [-0.15, -0.1) is 0 Å². The maximum absolute atomic E-state index is 11.8. The Morgan fingerprint density at radius 1 is 1.00 bits per heavy atom. The van der Waals surface area contributed by atoms with E-state index in [0.29, 0.717) is 12.3 Å². The first-order chi connectivity index (χ1) is 15.1. The van der Waals surface area contributed by atoms with Crippen LogP contribution in [0.15, 0.2) is 11.6 Å². The normalized spacial score (nSPS) is 61.5. The van der Waals surface area contributed by atoms with Crippen molar-refractivity contribution in [2.45, 2.75) is 103 Å². The van der Waals surface area contributed by atoms with E-state index >= 15 is 0 Å². The molecule has 6 rings (SSSR count). The van der Waals surface area contributed by atoms with Gasteiger partial charge in [-0.2, -0.15) is 0 Å². The van der Waals surface area contributed by atoms with E-state index in [-0.39, 0.29) is 52.6 Å². The van der Waals surface area contributed by atoms with Gasteiger partial charge in [-0.05, 0) is 67.6 Å². The van der Waals surface area contributed by atoms with Gasteiger partial charge in [0.15, 0.2) is 5.79 Å².